The lowest BCUT2D eigenvalue weighted by molar-refractivity contribution is -0.244. The topological polar surface area (TPSA) is 52.5 Å². The van der Waals surface area contributed by atoms with Crippen LogP contribution in [0.25, 0.3) is 0 Å². The van der Waals surface area contributed by atoms with E-state index in [0.717, 1.165) is 21.9 Å². The minimum Gasteiger partial charge on any atom is -0.368 e. The highest BCUT2D eigenvalue weighted by Gasteiger charge is 2.55. The van der Waals surface area contributed by atoms with Crippen LogP contribution in [-0.2, 0) is 38.8 Å². The molecule has 3 aromatic carbocycles. The summed E-state index contributed by atoms with van der Waals surface area (Å²) in [6.07, 6.45) is -6.92. The number of halogens is 2. The lowest BCUT2D eigenvalue weighted by Crippen LogP contribution is -2.61. The van der Waals surface area contributed by atoms with Crippen molar-refractivity contribution in [1.29, 1.82) is 0 Å². The third-order valence-electron chi connectivity index (χ3n) is 6.85. The Morgan fingerprint density at radius 1 is 0.775 bits per heavy atom. The van der Waals surface area contributed by atoms with Crippen LogP contribution in [0.2, 0.25) is 0 Å². The number of hydrogen-bond donors (Lipinski definition) is 0. The number of fused-ring (bicyclic) bond motifs is 1. The van der Waals surface area contributed by atoms with Gasteiger partial charge in [-0.1, -0.05) is 103 Å². The fraction of sp³-hybridized carbons (Fsp3) is 0.387. The van der Waals surface area contributed by atoms with Gasteiger partial charge in [-0.05, 0) is 16.7 Å². The van der Waals surface area contributed by atoms with Crippen molar-refractivity contribution in [2.45, 2.75) is 62.1 Å². The zero-order valence-corrected chi connectivity index (χ0v) is 23.3. The number of aliphatic imine (C=N–C) groups is 1. The van der Waals surface area contributed by atoms with E-state index in [0.29, 0.717) is 0 Å². The van der Waals surface area contributed by atoms with Crippen LogP contribution in [0.4, 0.5) is 8.78 Å². The molecule has 1 saturated heterocycles. The number of ether oxygens (including phenoxy) is 4. The van der Waals surface area contributed by atoms with Gasteiger partial charge in [0.1, 0.15) is 35.9 Å². The Morgan fingerprint density at radius 3 is 1.77 bits per heavy atom. The molecule has 0 radical (unpaired) electrons. The first-order valence-corrected chi connectivity index (χ1v) is 14.2. The number of nitrogens with zero attached hydrogens (tertiary/aromatic N) is 2. The maximum Gasteiger partial charge on any atom is 0.267 e. The largest absolute Gasteiger partial charge is 0.368 e. The molecule has 1 unspecified atom stereocenters. The van der Waals surface area contributed by atoms with E-state index in [1.807, 2.05) is 110 Å². The summed E-state index contributed by atoms with van der Waals surface area (Å²) in [5.74, 6) is 0. The summed E-state index contributed by atoms with van der Waals surface area (Å²) in [5, 5.41) is 0.754. The monoisotopic (exact) mass is 568 g/mol. The molecule has 6 atom stereocenters. The Bertz CT molecular complexity index is 1220. The van der Waals surface area contributed by atoms with Gasteiger partial charge in [0, 0.05) is 14.1 Å². The summed E-state index contributed by atoms with van der Waals surface area (Å²) in [7, 11) is 3.80. The molecular formula is C31H34F2N2O4S. The van der Waals surface area contributed by atoms with Gasteiger partial charge >= 0.3 is 0 Å². The Balaban J connectivity index is 1.46. The number of hydrogen-bond acceptors (Lipinski definition) is 7. The first kappa shape index (κ1) is 28.7. The summed E-state index contributed by atoms with van der Waals surface area (Å²) >= 11 is 1.41. The van der Waals surface area contributed by atoms with Crippen LogP contribution in [0, 0.1) is 0 Å². The average molecular weight is 569 g/mol. The second-order valence-corrected chi connectivity index (χ2v) is 11.1. The smallest absolute Gasteiger partial charge is 0.267 e. The highest BCUT2D eigenvalue weighted by molar-refractivity contribution is 8.14. The van der Waals surface area contributed by atoms with Gasteiger partial charge in [-0.3, -0.25) is 4.99 Å². The molecular weight excluding hydrogens is 534 g/mol. The molecule has 0 aliphatic carbocycles. The molecule has 0 aromatic heterocycles. The van der Waals surface area contributed by atoms with Crippen LogP contribution in [0.5, 0.6) is 0 Å². The fourth-order valence-corrected chi connectivity index (χ4v) is 5.96. The molecule has 6 nitrogen and oxygen atoms in total. The van der Waals surface area contributed by atoms with Gasteiger partial charge in [0.05, 0.1) is 19.8 Å². The van der Waals surface area contributed by atoms with Crippen molar-refractivity contribution < 1.29 is 27.7 Å². The van der Waals surface area contributed by atoms with E-state index < -0.39 is 42.3 Å². The summed E-state index contributed by atoms with van der Waals surface area (Å²) < 4.78 is 54.6. The number of benzene rings is 3. The summed E-state index contributed by atoms with van der Waals surface area (Å²) in [5.41, 5.74) is 2.18. The van der Waals surface area contributed by atoms with E-state index in [9.17, 15) is 8.78 Å². The molecule has 3 aromatic rings. The van der Waals surface area contributed by atoms with E-state index in [4.69, 9.17) is 23.9 Å². The molecule has 2 heterocycles. The third-order valence-corrected chi connectivity index (χ3v) is 8.15. The van der Waals surface area contributed by atoms with Crippen molar-refractivity contribution in [2.24, 2.45) is 4.99 Å². The summed E-state index contributed by atoms with van der Waals surface area (Å²) in [6.45, 7) is 0.520. The highest BCUT2D eigenvalue weighted by atomic mass is 32.2. The minimum atomic E-state index is -2.80. The summed E-state index contributed by atoms with van der Waals surface area (Å²) in [4.78, 5) is 6.78. The number of rotatable bonds is 11. The number of thioether (sulfide) groups is 1. The van der Waals surface area contributed by atoms with Crippen molar-refractivity contribution in [3.8, 4) is 0 Å². The maximum absolute atomic E-state index is 14.7. The molecule has 2 aliphatic heterocycles. The molecule has 40 heavy (non-hydrogen) atoms. The second-order valence-electron chi connectivity index (χ2n) is 10.0. The highest BCUT2D eigenvalue weighted by Crippen LogP contribution is 2.41. The molecule has 0 spiro atoms. The van der Waals surface area contributed by atoms with E-state index in [1.54, 1.807) is 0 Å². The van der Waals surface area contributed by atoms with E-state index in [-0.39, 0.29) is 19.8 Å². The molecule has 5 rings (SSSR count). The van der Waals surface area contributed by atoms with E-state index in [1.165, 1.54) is 11.8 Å². The second kappa shape index (κ2) is 13.7. The van der Waals surface area contributed by atoms with Gasteiger partial charge in [-0.25, -0.2) is 8.78 Å². The average Bonchev–Trinajstić information content (AvgIpc) is 3.41. The van der Waals surface area contributed by atoms with Gasteiger partial charge in [-0.15, -0.1) is 0 Å². The van der Waals surface area contributed by atoms with Crippen LogP contribution in [-0.4, -0.2) is 66.5 Å². The molecule has 2 aliphatic rings. The van der Waals surface area contributed by atoms with Gasteiger partial charge in [-0.2, -0.15) is 0 Å². The molecule has 9 heteroatoms. The van der Waals surface area contributed by atoms with Gasteiger partial charge in [0.2, 0.25) is 0 Å². The normalized spacial score (nSPS) is 24.9. The minimum absolute atomic E-state index is 0.0251. The number of alkyl halides is 2. The van der Waals surface area contributed by atoms with E-state index in [2.05, 4.69) is 0 Å². The predicted molar refractivity (Wildman–Crippen MR) is 152 cm³/mol. The van der Waals surface area contributed by atoms with Crippen molar-refractivity contribution in [3.05, 3.63) is 108 Å². The zero-order valence-electron chi connectivity index (χ0n) is 22.5. The van der Waals surface area contributed by atoms with Crippen LogP contribution < -0.4 is 0 Å². The summed E-state index contributed by atoms with van der Waals surface area (Å²) in [6, 6.07) is 28.2. The number of amidine groups is 1. The van der Waals surface area contributed by atoms with E-state index >= 15 is 0 Å². The fourth-order valence-electron chi connectivity index (χ4n) is 4.82. The van der Waals surface area contributed by atoms with Crippen molar-refractivity contribution >= 4 is 16.9 Å². The molecule has 212 valence electrons. The molecule has 1 fully saturated rings. The van der Waals surface area contributed by atoms with Gasteiger partial charge < -0.3 is 23.8 Å². The third kappa shape index (κ3) is 7.08. The zero-order chi connectivity index (χ0) is 27.9. The Morgan fingerprint density at radius 2 is 1.27 bits per heavy atom. The van der Waals surface area contributed by atoms with Crippen molar-refractivity contribution in [3.63, 3.8) is 0 Å². The van der Waals surface area contributed by atoms with Gasteiger partial charge in [0.25, 0.3) is 6.43 Å². The molecule has 0 saturated carbocycles. The SMILES string of the molecule is CN(C)C1=N[C@@H]2[C@@H](OCc3ccccc3)[C@H](OCc3ccccc3)[C@@H](C(OCc3ccccc3)C(F)F)O[C@@H]2S1. The molecule has 0 bridgehead atoms. The van der Waals surface area contributed by atoms with Crippen LogP contribution in [0.1, 0.15) is 16.7 Å². The predicted octanol–water partition coefficient (Wildman–Crippen LogP) is 5.77. The standard InChI is InChI=1S/C31H34F2N2O4S/c1-35(2)31-34-24-25(36-18-21-12-6-3-7-13-21)26(37-19-22-14-8-4-9-15-22)27(39-30(24)40-31)28(29(32)33)38-20-23-16-10-5-11-17-23/h3-17,24-30H,18-20H2,1-2H3/t24-,25-,26+,27+,28?,30-/m1/s1. The lowest BCUT2D eigenvalue weighted by atomic mass is 9.94. The first-order chi connectivity index (χ1) is 19.5. The first-order valence-electron chi connectivity index (χ1n) is 13.3. The lowest BCUT2D eigenvalue weighted by Gasteiger charge is -2.45. The molecule has 0 amide bonds. The molecule has 0 N–H and O–H groups in total. The van der Waals surface area contributed by atoms with Crippen molar-refractivity contribution in [2.75, 3.05) is 14.1 Å². The van der Waals surface area contributed by atoms with Crippen molar-refractivity contribution in [1.82, 2.24) is 4.90 Å². The van der Waals surface area contributed by atoms with Crippen LogP contribution in [0.3, 0.4) is 0 Å². The Labute approximate surface area is 238 Å². The Hall–Kier alpha value is -2.82. The quantitative estimate of drug-likeness (QED) is 0.293. The van der Waals surface area contributed by atoms with Crippen LogP contribution >= 0.6 is 11.8 Å². The maximum atomic E-state index is 14.7. The van der Waals surface area contributed by atoms with Gasteiger partial charge in [0.15, 0.2) is 5.17 Å². The van der Waals surface area contributed by atoms with Crippen LogP contribution in [0.15, 0.2) is 96.0 Å². The Kier molecular flexibility index (Phi) is 9.83.